The Morgan fingerprint density at radius 1 is 0.639 bits per heavy atom. The summed E-state index contributed by atoms with van der Waals surface area (Å²) in [6, 6.07) is 41.0. The molecule has 0 N–H and O–H groups in total. The topological polar surface area (TPSA) is 12.4 Å². The average Bonchev–Trinajstić information content (AvgIpc) is 2.89. The third-order valence-corrected chi connectivity index (χ3v) is 15.4. The van der Waals surface area contributed by atoms with Crippen molar-refractivity contribution in [3.8, 4) is 11.5 Å². The van der Waals surface area contributed by atoms with E-state index in [1.54, 1.807) is 0 Å². The molecule has 0 saturated carbocycles. The van der Waals surface area contributed by atoms with Gasteiger partial charge >= 0.3 is 0 Å². The van der Waals surface area contributed by atoms with Crippen LogP contribution in [0.4, 0.5) is 5.69 Å². The maximum absolute atomic E-state index is 5.72. The van der Waals surface area contributed by atoms with E-state index < -0.39 is 15.1 Å². The van der Waals surface area contributed by atoms with Crippen LogP contribution in [-0.2, 0) is 6.42 Å². The van der Waals surface area contributed by atoms with Gasteiger partial charge in [-0.15, -0.1) is 11.5 Å². The number of nitrogens with zero attached hydrogens (tertiary/aromatic N) is 1. The van der Waals surface area contributed by atoms with Crippen molar-refractivity contribution >= 4 is 36.7 Å². The molecule has 0 atom stereocenters. The van der Waals surface area contributed by atoms with Gasteiger partial charge in [0.2, 0.25) is 0 Å². The number of hydrogen-bond donors (Lipinski definition) is 0. The Morgan fingerprint density at radius 2 is 1.06 bits per heavy atom. The quantitative estimate of drug-likeness (QED) is 0.148. The van der Waals surface area contributed by atoms with E-state index in [-0.39, 0.29) is 5.04 Å². The van der Waals surface area contributed by atoms with E-state index in [0.717, 1.165) is 5.69 Å². The molecule has 36 heavy (non-hydrogen) atoms. The second kappa shape index (κ2) is 10.9. The first kappa shape index (κ1) is 26.0. The molecule has 0 amide bonds. The van der Waals surface area contributed by atoms with Crippen LogP contribution in [0.2, 0.25) is 18.1 Å². The van der Waals surface area contributed by atoms with Crippen molar-refractivity contribution in [2.75, 3.05) is 0 Å². The van der Waals surface area contributed by atoms with Crippen LogP contribution in [0.5, 0.6) is 0 Å². The molecule has 0 aliphatic carbocycles. The summed E-state index contributed by atoms with van der Waals surface area (Å²) in [5.74, 6) is 3.56. The van der Waals surface area contributed by atoms with Gasteiger partial charge in [-0.2, -0.15) is 0 Å². The van der Waals surface area contributed by atoms with E-state index >= 15 is 0 Å². The van der Waals surface area contributed by atoms with Crippen LogP contribution in [0.1, 0.15) is 26.3 Å². The van der Waals surface area contributed by atoms with E-state index in [9.17, 15) is 0 Å². The summed E-state index contributed by atoms with van der Waals surface area (Å²) in [5, 5.41) is 4.01. The van der Waals surface area contributed by atoms with Crippen LogP contribution in [0.3, 0.4) is 0 Å². The van der Waals surface area contributed by atoms with Gasteiger partial charge in [-0.3, -0.25) is 4.74 Å². The summed E-state index contributed by atoms with van der Waals surface area (Å²) in [5.41, 5.74) is 5.91. The molecule has 0 radical (unpaired) electrons. The zero-order valence-electron chi connectivity index (χ0n) is 22.1. The standard InChI is InChI=1S/C33H36NPSi/c1-33(2,3)36(4,5)27-17-19-28-18-15-16-26-32(28)34-35(29-20-9-6-10-21-29,30-22-11-7-12-23-30)31-24-13-8-14-25-31/h6-16,18,20-26H,19H2,1-5H3. The molecule has 4 aromatic carbocycles. The van der Waals surface area contributed by atoms with Crippen molar-refractivity contribution in [2.24, 2.45) is 4.74 Å². The summed E-state index contributed by atoms with van der Waals surface area (Å²) in [6.45, 7) is 11.7. The lowest BCUT2D eigenvalue weighted by Gasteiger charge is -2.31. The number of rotatable bonds is 5. The zero-order valence-corrected chi connectivity index (χ0v) is 24.0. The predicted molar refractivity (Wildman–Crippen MR) is 162 cm³/mol. The second-order valence-corrected chi connectivity index (χ2v) is 18.7. The van der Waals surface area contributed by atoms with Crippen molar-refractivity contribution in [1.29, 1.82) is 0 Å². The van der Waals surface area contributed by atoms with Gasteiger partial charge in [0.05, 0.1) is 12.7 Å². The van der Waals surface area contributed by atoms with Crippen LogP contribution < -0.4 is 15.9 Å². The summed E-state index contributed by atoms with van der Waals surface area (Å²) < 4.78 is 5.72. The number of benzene rings is 4. The van der Waals surface area contributed by atoms with Gasteiger partial charge in [0.15, 0.2) is 0 Å². The minimum absolute atomic E-state index is 0.249. The fraction of sp³-hybridized carbons (Fsp3) is 0.212. The fourth-order valence-corrected chi connectivity index (χ4v) is 8.49. The van der Waals surface area contributed by atoms with E-state index in [1.165, 1.54) is 21.5 Å². The molecular weight excluding hydrogens is 469 g/mol. The highest BCUT2D eigenvalue weighted by Crippen LogP contribution is 2.49. The Kier molecular flexibility index (Phi) is 7.84. The second-order valence-electron chi connectivity index (χ2n) is 10.7. The highest BCUT2D eigenvalue weighted by molar-refractivity contribution is 7.87. The highest BCUT2D eigenvalue weighted by atomic mass is 31.2. The molecule has 3 heteroatoms. The number of hydrogen-bond acceptors (Lipinski definition) is 1. The first-order valence-electron chi connectivity index (χ1n) is 12.6. The lowest BCUT2D eigenvalue weighted by molar-refractivity contribution is 0.731. The Bertz CT molecular complexity index is 1300. The van der Waals surface area contributed by atoms with E-state index in [4.69, 9.17) is 4.74 Å². The van der Waals surface area contributed by atoms with Gasteiger partial charge in [-0.05, 0) is 16.7 Å². The van der Waals surface area contributed by atoms with Crippen LogP contribution >= 0.6 is 7.05 Å². The van der Waals surface area contributed by atoms with Crippen molar-refractivity contribution in [3.05, 3.63) is 121 Å². The van der Waals surface area contributed by atoms with Crippen LogP contribution in [0, 0.1) is 11.5 Å². The van der Waals surface area contributed by atoms with Crippen LogP contribution in [0.25, 0.3) is 0 Å². The Labute approximate surface area is 218 Å². The Morgan fingerprint density at radius 3 is 1.50 bits per heavy atom. The molecule has 0 aliphatic heterocycles. The molecule has 0 aliphatic rings. The average molecular weight is 506 g/mol. The van der Waals surface area contributed by atoms with Crippen LogP contribution in [0.15, 0.2) is 120 Å². The molecule has 0 bridgehead atoms. The van der Waals surface area contributed by atoms with Gasteiger partial charge in [-0.25, -0.2) is 0 Å². The van der Waals surface area contributed by atoms with E-state index in [1.807, 2.05) is 0 Å². The fourth-order valence-electron chi connectivity index (χ4n) is 4.02. The molecule has 4 rings (SSSR count). The first-order chi connectivity index (χ1) is 17.2. The SMILES string of the molecule is CC(C)(C)[Si](C)(C)C#CCc1ccccc1N=P(c1ccccc1)(c1ccccc1)c1ccccc1. The third-order valence-electron chi connectivity index (χ3n) is 7.19. The van der Waals surface area contributed by atoms with Gasteiger partial charge in [0, 0.05) is 22.3 Å². The summed E-state index contributed by atoms with van der Waals surface area (Å²) in [7, 11) is -3.97. The lowest BCUT2D eigenvalue weighted by Crippen LogP contribution is -2.35. The van der Waals surface area contributed by atoms with Gasteiger partial charge in [0.1, 0.15) is 8.07 Å². The van der Waals surface area contributed by atoms with Crippen molar-refractivity contribution < 1.29 is 0 Å². The summed E-state index contributed by atoms with van der Waals surface area (Å²) >= 11 is 0. The molecule has 0 aromatic heterocycles. The Balaban J connectivity index is 1.96. The van der Waals surface area contributed by atoms with Gasteiger partial charge in [0.25, 0.3) is 0 Å². The van der Waals surface area contributed by atoms with Crippen molar-refractivity contribution in [2.45, 2.75) is 45.3 Å². The molecule has 0 unspecified atom stereocenters. The first-order valence-corrected chi connectivity index (χ1v) is 17.4. The summed E-state index contributed by atoms with van der Waals surface area (Å²) in [4.78, 5) is 0. The third kappa shape index (κ3) is 5.49. The monoisotopic (exact) mass is 505 g/mol. The molecule has 4 aromatic rings. The summed E-state index contributed by atoms with van der Waals surface area (Å²) in [6.07, 6.45) is 0.713. The molecule has 0 fully saturated rings. The minimum Gasteiger partial charge on any atom is -0.254 e. The zero-order chi connectivity index (χ0) is 25.7. The maximum Gasteiger partial charge on any atom is 0.137 e. The largest absolute Gasteiger partial charge is 0.254 e. The normalized spacial score (nSPS) is 11.9. The van der Waals surface area contributed by atoms with Crippen molar-refractivity contribution in [1.82, 2.24) is 0 Å². The maximum atomic E-state index is 5.72. The van der Waals surface area contributed by atoms with Gasteiger partial charge < -0.3 is 0 Å². The van der Waals surface area contributed by atoms with E-state index in [0.29, 0.717) is 6.42 Å². The molecule has 0 spiro atoms. The molecule has 182 valence electrons. The molecule has 1 nitrogen and oxygen atoms in total. The highest BCUT2D eigenvalue weighted by Gasteiger charge is 2.33. The smallest absolute Gasteiger partial charge is 0.137 e. The molecular formula is C33H36NPSi. The minimum atomic E-state index is -2.31. The van der Waals surface area contributed by atoms with Crippen molar-refractivity contribution in [3.63, 3.8) is 0 Å². The Hall–Kier alpha value is -3.11. The predicted octanol–water partition coefficient (Wildman–Crippen LogP) is 8.09. The van der Waals surface area contributed by atoms with Crippen LogP contribution in [-0.4, -0.2) is 8.07 Å². The lowest BCUT2D eigenvalue weighted by atomic mass is 10.1. The molecule has 0 heterocycles. The van der Waals surface area contributed by atoms with Gasteiger partial charge in [-0.1, -0.05) is 143 Å². The molecule has 0 saturated heterocycles. The van der Waals surface area contributed by atoms with E-state index in [2.05, 4.69) is 161 Å².